The van der Waals surface area contributed by atoms with Crippen molar-refractivity contribution in [3.8, 4) is 33.1 Å². The Morgan fingerprint density at radius 2 is 1.10 bits per heavy atom. The second-order valence-electron chi connectivity index (χ2n) is 8.03. The number of benzene rings is 2. The molecule has 1 heterocycles. The summed E-state index contributed by atoms with van der Waals surface area (Å²) in [6.45, 7) is 6.07. The number of unbranched alkanes of at least 4 members (excludes halogenated alkanes) is 6. The first-order valence-electron chi connectivity index (χ1n) is 11.9. The van der Waals surface area contributed by atoms with Gasteiger partial charge in [-0.2, -0.15) is 0 Å². The molecule has 0 N–H and O–H groups in total. The fourth-order valence-electron chi connectivity index (χ4n) is 3.63. The molecule has 166 valence electrons. The minimum Gasteiger partial charge on any atom is -0.494 e. The average molecular weight is 437 g/mol. The number of hydrogen-bond donors (Lipinski definition) is 0. The third-order valence-electron chi connectivity index (χ3n) is 5.48. The third-order valence-corrected chi connectivity index (χ3v) is 6.44. The van der Waals surface area contributed by atoms with Crippen molar-refractivity contribution in [1.82, 2.24) is 0 Å². The molecule has 0 spiro atoms. The second kappa shape index (κ2) is 13.2. The first-order valence-corrected chi connectivity index (χ1v) is 12.7. The zero-order valence-electron chi connectivity index (χ0n) is 19.1. The van der Waals surface area contributed by atoms with Crippen LogP contribution in [0.4, 0.5) is 0 Å². The molecule has 0 bridgehead atoms. The predicted molar refractivity (Wildman–Crippen MR) is 134 cm³/mol. The minimum atomic E-state index is 0.802. The number of ether oxygens (including phenoxy) is 2. The Morgan fingerprint density at radius 1 is 0.581 bits per heavy atom. The Morgan fingerprint density at radius 3 is 1.61 bits per heavy atom. The summed E-state index contributed by atoms with van der Waals surface area (Å²) < 4.78 is 11.8. The van der Waals surface area contributed by atoms with Gasteiger partial charge in [-0.25, -0.2) is 0 Å². The Labute approximate surface area is 192 Å². The SMILES string of the molecule is CCCCCCOc1ccc(-c2ccsc2-c2ccc(OCCCCCC)cc2)cc1. The Hall–Kier alpha value is -2.26. The summed E-state index contributed by atoms with van der Waals surface area (Å²) in [5.74, 6) is 1.91. The molecule has 2 nitrogen and oxygen atoms in total. The van der Waals surface area contributed by atoms with E-state index in [1.54, 1.807) is 11.3 Å². The highest BCUT2D eigenvalue weighted by Crippen LogP contribution is 2.37. The Bertz CT molecular complexity index is 793. The molecule has 2 aromatic carbocycles. The van der Waals surface area contributed by atoms with Gasteiger partial charge in [-0.15, -0.1) is 11.3 Å². The van der Waals surface area contributed by atoms with Gasteiger partial charge in [-0.3, -0.25) is 0 Å². The van der Waals surface area contributed by atoms with Gasteiger partial charge < -0.3 is 9.47 Å². The van der Waals surface area contributed by atoms with Crippen LogP contribution >= 0.6 is 11.3 Å². The van der Waals surface area contributed by atoms with E-state index in [-0.39, 0.29) is 0 Å². The molecule has 0 aliphatic rings. The Balaban J connectivity index is 1.57. The summed E-state index contributed by atoms with van der Waals surface area (Å²) in [7, 11) is 0. The third kappa shape index (κ3) is 7.43. The monoisotopic (exact) mass is 436 g/mol. The van der Waals surface area contributed by atoms with Gasteiger partial charge in [0.1, 0.15) is 11.5 Å². The van der Waals surface area contributed by atoms with Crippen molar-refractivity contribution < 1.29 is 9.47 Å². The zero-order chi connectivity index (χ0) is 21.7. The van der Waals surface area contributed by atoms with Crippen LogP contribution in [0.1, 0.15) is 65.2 Å². The lowest BCUT2D eigenvalue weighted by atomic mass is 10.0. The van der Waals surface area contributed by atoms with Crippen LogP contribution in [0.25, 0.3) is 21.6 Å². The maximum Gasteiger partial charge on any atom is 0.119 e. The van der Waals surface area contributed by atoms with Crippen LogP contribution in [0.15, 0.2) is 60.0 Å². The van der Waals surface area contributed by atoms with Gasteiger partial charge >= 0.3 is 0 Å². The van der Waals surface area contributed by atoms with Crippen molar-refractivity contribution in [3.05, 3.63) is 60.0 Å². The first kappa shape index (κ1) is 23.4. The van der Waals surface area contributed by atoms with E-state index in [4.69, 9.17) is 9.47 Å². The van der Waals surface area contributed by atoms with Crippen LogP contribution in [0, 0.1) is 0 Å². The maximum atomic E-state index is 5.90. The molecule has 3 heteroatoms. The summed E-state index contributed by atoms with van der Waals surface area (Å²) in [6, 6.07) is 19.2. The van der Waals surface area contributed by atoms with Gasteiger partial charge in [-0.05, 0) is 71.8 Å². The van der Waals surface area contributed by atoms with E-state index >= 15 is 0 Å². The first-order chi connectivity index (χ1) is 15.3. The second-order valence-corrected chi connectivity index (χ2v) is 8.95. The molecular formula is C28H36O2S. The van der Waals surface area contributed by atoms with Crippen LogP contribution < -0.4 is 9.47 Å². The largest absolute Gasteiger partial charge is 0.494 e. The van der Waals surface area contributed by atoms with Gasteiger partial charge in [-0.1, -0.05) is 64.5 Å². The van der Waals surface area contributed by atoms with Crippen LogP contribution in [0.5, 0.6) is 11.5 Å². The normalized spacial score (nSPS) is 10.9. The smallest absolute Gasteiger partial charge is 0.119 e. The van der Waals surface area contributed by atoms with Gasteiger partial charge in [0.25, 0.3) is 0 Å². The van der Waals surface area contributed by atoms with E-state index in [9.17, 15) is 0 Å². The lowest BCUT2D eigenvalue weighted by Gasteiger charge is -2.09. The number of thiophene rings is 1. The summed E-state index contributed by atoms with van der Waals surface area (Å²) >= 11 is 1.78. The van der Waals surface area contributed by atoms with E-state index in [2.05, 4.69) is 73.8 Å². The van der Waals surface area contributed by atoms with E-state index < -0.39 is 0 Å². The van der Waals surface area contributed by atoms with Crippen LogP contribution in [-0.4, -0.2) is 13.2 Å². The van der Waals surface area contributed by atoms with E-state index in [0.29, 0.717) is 0 Å². The van der Waals surface area contributed by atoms with E-state index in [1.165, 1.54) is 60.1 Å². The van der Waals surface area contributed by atoms with Gasteiger partial charge in [0.2, 0.25) is 0 Å². The summed E-state index contributed by atoms with van der Waals surface area (Å²) in [6.07, 6.45) is 9.83. The molecule has 0 unspecified atom stereocenters. The fraction of sp³-hybridized carbons (Fsp3) is 0.429. The molecule has 0 aliphatic carbocycles. The van der Waals surface area contributed by atoms with Crippen molar-refractivity contribution in [2.75, 3.05) is 13.2 Å². The highest BCUT2D eigenvalue weighted by molar-refractivity contribution is 7.14. The molecule has 0 atom stereocenters. The summed E-state index contributed by atoms with van der Waals surface area (Å²) in [5, 5.41) is 2.17. The van der Waals surface area contributed by atoms with Crippen molar-refractivity contribution in [3.63, 3.8) is 0 Å². The van der Waals surface area contributed by atoms with Crippen molar-refractivity contribution in [2.24, 2.45) is 0 Å². The minimum absolute atomic E-state index is 0.802. The van der Waals surface area contributed by atoms with Gasteiger partial charge in [0, 0.05) is 10.4 Å². The molecule has 1 aromatic heterocycles. The molecule has 0 amide bonds. The molecular weight excluding hydrogens is 400 g/mol. The van der Waals surface area contributed by atoms with Gasteiger partial charge in [0.05, 0.1) is 13.2 Å². The maximum absolute atomic E-state index is 5.90. The lowest BCUT2D eigenvalue weighted by molar-refractivity contribution is 0.305. The van der Waals surface area contributed by atoms with E-state index in [0.717, 1.165) is 37.6 Å². The topological polar surface area (TPSA) is 18.5 Å². The van der Waals surface area contributed by atoms with E-state index in [1.807, 2.05) is 0 Å². The predicted octanol–water partition coefficient (Wildman–Crippen LogP) is 9.00. The molecule has 0 radical (unpaired) electrons. The Kier molecular flexibility index (Phi) is 9.98. The van der Waals surface area contributed by atoms with Crippen molar-refractivity contribution in [1.29, 1.82) is 0 Å². The van der Waals surface area contributed by atoms with Crippen molar-refractivity contribution in [2.45, 2.75) is 65.2 Å². The number of hydrogen-bond acceptors (Lipinski definition) is 3. The summed E-state index contributed by atoms with van der Waals surface area (Å²) in [4.78, 5) is 1.29. The zero-order valence-corrected chi connectivity index (χ0v) is 19.9. The highest BCUT2D eigenvalue weighted by Gasteiger charge is 2.10. The fourth-order valence-corrected chi connectivity index (χ4v) is 4.56. The standard InChI is InChI=1S/C28H36O2S/c1-3-5-7-9-20-29-25-15-11-23(12-16-25)27-19-22-31-28(27)24-13-17-26(18-14-24)30-21-10-8-6-4-2/h11-19,22H,3-10,20-21H2,1-2H3. The van der Waals surface area contributed by atoms with Crippen molar-refractivity contribution >= 4 is 11.3 Å². The van der Waals surface area contributed by atoms with Crippen LogP contribution in [0.3, 0.4) is 0 Å². The molecule has 0 aliphatic heterocycles. The average Bonchev–Trinajstić information content (AvgIpc) is 3.30. The molecule has 3 aromatic rings. The van der Waals surface area contributed by atoms with Gasteiger partial charge in [0.15, 0.2) is 0 Å². The lowest BCUT2D eigenvalue weighted by Crippen LogP contribution is -1.97. The van der Waals surface area contributed by atoms with Crippen LogP contribution in [-0.2, 0) is 0 Å². The quantitative estimate of drug-likeness (QED) is 0.235. The highest BCUT2D eigenvalue weighted by atomic mass is 32.1. The summed E-state index contributed by atoms with van der Waals surface area (Å²) in [5.41, 5.74) is 3.73. The molecule has 0 saturated carbocycles. The molecule has 0 fully saturated rings. The molecule has 3 rings (SSSR count). The van der Waals surface area contributed by atoms with Crippen LogP contribution in [0.2, 0.25) is 0 Å². The molecule has 0 saturated heterocycles. The molecule has 31 heavy (non-hydrogen) atoms. The number of rotatable bonds is 14.